The summed E-state index contributed by atoms with van der Waals surface area (Å²) in [5.74, 6) is 0.915. The number of amides is 1. The SMILES string of the molecule is CS(=O)(=O)N1CCN(C(=O)Cc2ccc3c(c2)OCC3)CC1. The number of carbonyl (C=O) groups is 1. The number of carbonyl (C=O) groups excluding carboxylic acids is 1. The van der Waals surface area contributed by atoms with Crippen LogP contribution in [0.2, 0.25) is 0 Å². The van der Waals surface area contributed by atoms with Crippen molar-refractivity contribution in [3.8, 4) is 5.75 Å². The van der Waals surface area contributed by atoms with Gasteiger partial charge in [-0.05, 0) is 17.2 Å². The van der Waals surface area contributed by atoms with Gasteiger partial charge in [0, 0.05) is 32.6 Å². The molecule has 0 aromatic heterocycles. The number of rotatable bonds is 3. The Balaban J connectivity index is 1.59. The number of sulfonamides is 1. The Bertz CT molecular complexity index is 679. The van der Waals surface area contributed by atoms with Crippen LogP contribution in [0.5, 0.6) is 5.75 Å². The van der Waals surface area contributed by atoms with Crippen molar-refractivity contribution in [1.82, 2.24) is 9.21 Å². The van der Waals surface area contributed by atoms with E-state index in [-0.39, 0.29) is 5.91 Å². The summed E-state index contributed by atoms with van der Waals surface area (Å²) in [7, 11) is -3.16. The molecule has 2 aliphatic heterocycles. The fraction of sp³-hybridized carbons (Fsp3) is 0.533. The number of hydrogen-bond donors (Lipinski definition) is 0. The molecule has 3 rings (SSSR count). The van der Waals surface area contributed by atoms with Crippen LogP contribution in [0.25, 0.3) is 0 Å². The third kappa shape index (κ3) is 3.25. The van der Waals surface area contributed by atoms with Crippen molar-refractivity contribution < 1.29 is 17.9 Å². The van der Waals surface area contributed by atoms with E-state index in [0.717, 1.165) is 17.7 Å². The Hall–Kier alpha value is -1.60. The lowest BCUT2D eigenvalue weighted by molar-refractivity contribution is -0.131. The number of piperazine rings is 1. The highest BCUT2D eigenvalue weighted by atomic mass is 32.2. The number of benzene rings is 1. The first-order valence-electron chi connectivity index (χ1n) is 7.41. The molecule has 0 atom stereocenters. The summed E-state index contributed by atoms with van der Waals surface area (Å²) in [4.78, 5) is 14.1. The molecule has 0 spiro atoms. The maximum atomic E-state index is 12.3. The highest BCUT2D eigenvalue weighted by Crippen LogP contribution is 2.26. The molecule has 1 aromatic carbocycles. The highest BCUT2D eigenvalue weighted by Gasteiger charge is 2.26. The van der Waals surface area contributed by atoms with Gasteiger partial charge in [-0.2, -0.15) is 4.31 Å². The van der Waals surface area contributed by atoms with Crippen LogP contribution in [0.15, 0.2) is 18.2 Å². The number of nitrogens with zero attached hydrogens (tertiary/aromatic N) is 2. The summed E-state index contributed by atoms with van der Waals surface area (Å²) >= 11 is 0. The van der Waals surface area contributed by atoms with Gasteiger partial charge in [-0.25, -0.2) is 8.42 Å². The molecule has 2 aliphatic rings. The van der Waals surface area contributed by atoms with E-state index in [2.05, 4.69) is 0 Å². The minimum Gasteiger partial charge on any atom is -0.493 e. The topological polar surface area (TPSA) is 66.9 Å². The molecule has 7 heteroatoms. The quantitative estimate of drug-likeness (QED) is 0.800. The van der Waals surface area contributed by atoms with E-state index in [0.29, 0.717) is 39.2 Å². The largest absolute Gasteiger partial charge is 0.493 e. The van der Waals surface area contributed by atoms with Crippen LogP contribution >= 0.6 is 0 Å². The molecule has 0 radical (unpaired) electrons. The minimum absolute atomic E-state index is 0.0334. The number of hydrogen-bond acceptors (Lipinski definition) is 4. The van der Waals surface area contributed by atoms with E-state index < -0.39 is 10.0 Å². The van der Waals surface area contributed by atoms with E-state index in [4.69, 9.17) is 4.74 Å². The standard InChI is InChI=1S/C15H20N2O4S/c1-22(19,20)17-7-5-16(6-8-17)15(18)11-12-2-3-13-4-9-21-14(13)10-12/h2-3,10H,4-9,11H2,1H3. The molecule has 1 aromatic rings. The van der Waals surface area contributed by atoms with E-state index >= 15 is 0 Å². The van der Waals surface area contributed by atoms with Crippen molar-refractivity contribution in [3.63, 3.8) is 0 Å². The molecule has 0 saturated carbocycles. The molecule has 0 bridgehead atoms. The molecule has 1 fully saturated rings. The lowest BCUT2D eigenvalue weighted by Gasteiger charge is -2.33. The van der Waals surface area contributed by atoms with E-state index in [1.165, 1.54) is 16.1 Å². The smallest absolute Gasteiger partial charge is 0.227 e. The zero-order valence-corrected chi connectivity index (χ0v) is 13.4. The molecule has 0 unspecified atom stereocenters. The lowest BCUT2D eigenvalue weighted by atomic mass is 10.1. The molecule has 0 N–H and O–H groups in total. The van der Waals surface area contributed by atoms with Crippen molar-refractivity contribution in [2.75, 3.05) is 39.0 Å². The molecular weight excluding hydrogens is 304 g/mol. The van der Waals surface area contributed by atoms with Crippen molar-refractivity contribution in [2.24, 2.45) is 0 Å². The fourth-order valence-electron chi connectivity index (χ4n) is 2.88. The van der Waals surface area contributed by atoms with Gasteiger partial charge < -0.3 is 9.64 Å². The molecule has 0 aliphatic carbocycles. The predicted octanol–water partition coefficient (Wildman–Crippen LogP) is 0.268. The third-order valence-corrected chi connectivity index (χ3v) is 5.48. The Labute approximate surface area is 130 Å². The maximum Gasteiger partial charge on any atom is 0.227 e. The van der Waals surface area contributed by atoms with Gasteiger partial charge >= 0.3 is 0 Å². The Kier molecular flexibility index (Phi) is 4.10. The van der Waals surface area contributed by atoms with Crippen LogP contribution in [0, 0.1) is 0 Å². The minimum atomic E-state index is -3.16. The van der Waals surface area contributed by atoms with Crippen LogP contribution in [0.3, 0.4) is 0 Å². The summed E-state index contributed by atoms with van der Waals surface area (Å²) in [6.45, 7) is 2.36. The predicted molar refractivity (Wildman–Crippen MR) is 82.3 cm³/mol. The van der Waals surface area contributed by atoms with Gasteiger partial charge in [0.2, 0.25) is 15.9 Å². The molecule has 1 amide bonds. The Morgan fingerprint density at radius 1 is 1.23 bits per heavy atom. The first-order valence-corrected chi connectivity index (χ1v) is 9.26. The van der Waals surface area contributed by atoms with Crippen LogP contribution in [0.1, 0.15) is 11.1 Å². The average molecular weight is 324 g/mol. The van der Waals surface area contributed by atoms with Crippen molar-refractivity contribution in [2.45, 2.75) is 12.8 Å². The summed E-state index contributed by atoms with van der Waals surface area (Å²) in [5.41, 5.74) is 2.13. The Morgan fingerprint density at radius 2 is 1.95 bits per heavy atom. The second-order valence-corrected chi connectivity index (χ2v) is 7.74. The maximum absolute atomic E-state index is 12.3. The van der Waals surface area contributed by atoms with Crippen molar-refractivity contribution in [3.05, 3.63) is 29.3 Å². The zero-order valence-electron chi connectivity index (χ0n) is 12.6. The number of ether oxygens (including phenoxy) is 1. The molecule has 120 valence electrons. The van der Waals surface area contributed by atoms with E-state index in [1.54, 1.807) is 4.90 Å². The van der Waals surface area contributed by atoms with Gasteiger partial charge in [-0.1, -0.05) is 12.1 Å². The zero-order chi connectivity index (χ0) is 15.7. The van der Waals surface area contributed by atoms with Gasteiger partial charge in [0.1, 0.15) is 5.75 Å². The monoisotopic (exact) mass is 324 g/mol. The van der Waals surface area contributed by atoms with Crippen LogP contribution in [-0.4, -0.2) is 62.6 Å². The second kappa shape index (κ2) is 5.89. The fourth-order valence-corrected chi connectivity index (χ4v) is 3.70. The van der Waals surface area contributed by atoms with Gasteiger partial charge in [-0.15, -0.1) is 0 Å². The van der Waals surface area contributed by atoms with Crippen LogP contribution in [-0.2, 0) is 27.7 Å². The highest BCUT2D eigenvalue weighted by molar-refractivity contribution is 7.88. The van der Waals surface area contributed by atoms with Gasteiger partial charge in [0.25, 0.3) is 0 Å². The summed E-state index contributed by atoms with van der Waals surface area (Å²) in [6.07, 6.45) is 2.46. The summed E-state index contributed by atoms with van der Waals surface area (Å²) < 4.78 is 29.9. The van der Waals surface area contributed by atoms with E-state index in [9.17, 15) is 13.2 Å². The molecule has 6 nitrogen and oxygen atoms in total. The van der Waals surface area contributed by atoms with Gasteiger partial charge in [0.15, 0.2) is 0 Å². The van der Waals surface area contributed by atoms with Gasteiger partial charge in [-0.3, -0.25) is 4.79 Å². The van der Waals surface area contributed by atoms with Gasteiger partial charge in [0.05, 0.1) is 19.3 Å². The third-order valence-electron chi connectivity index (χ3n) is 4.18. The summed E-state index contributed by atoms with van der Waals surface area (Å²) in [6, 6.07) is 5.93. The molecule has 2 heterocycles. The summed E-state index contributed by atoms with van der Waals surface area (Å²) in [5, 5.41) is 0. The van der Waals surface area contributed by atoms with Crippen LogP contribution < -0.4 is 4.74 Å². The van der Waals surface area contributed by atoms with Crippen LogP contribution in [0.4, 0.5) is 0 Å². The average Bonchev–Trinajstić information content (AvgIpc) is 2.94. The molecular formula is C15H20N2O4S. The van der Waals surface area contributed by atoms with Crippen molar-refractivity contribution >= 4 is 15.9 Å². The molecule has 1 saturated heterocycles. The Morgan fingerprint density at radius 3 is 2.64 bits per heavy atom. The lowest BCUT2D eigenvalue weighted by Crippen LogP contribution is -2.50. The second-order valence-electron chi connectivity index (χ2n) is 5.76. The van der Waals surface area contributed by atoms with Crippen molar-refractivity contribution in [1.29, 1.82) is 0 Å². The number of fused-ring (bicyclic) bond motifs is 1. The van der Waals surface area contributed by atoms with E-state index in [1.807, 2.05) is 18.2 Å². The normalized spacial score (nSPS) is 18.9. The first kappa shape index (κ1) is 15.3. The molecule has 22 heavy (non-hydrogen) atoms. The first-order chi connectivity index (χ1) is 10.4.